The molecule has 3 nitrogen and oxygen atoms in total. The van der Waals surface area contributed by atoms with Gasteiger partial charge in [-0.15, -0.1) is 0 Å². The number of hydrogen-bond acceptors (Lipinski definition) is 3. The Bertz CT molecular complexity index is 429. The van der Waals surface area contributed by atoms with Gasteiger partial charge in [0, 0.05) is 6.08 Å². The van der Waals surface area contributed by atoms with Gasteiger partial charge in [-0.05, 0) is 23.8 Å². The molecule has 0 atom stereocenters. The molecular weight excluding hydrogens is 190 g/mol. The molecule has 0 aliphatic rings. The Morgan fingerprint density at radius 2 is 2.00 bits per heavy atom. The van der Waals surface area contributed by atoms with Crippen molar-refractivity contribution in [2.45, 2.75) is 0 Å². The molecule has 3 heteroatoms. The summed E-state index contributed by atoms with van der Waals surface area (Å²) in [5.41, 5.74) is 1.08. The molecule has 2 aromatic rings. The largest absolute Gasteiger partial charge is 0.497 e. The van der Waals surface area contributed by atoms with Crippen molar-refractivity contribution in [1.82, 2.24) is 4.98 Å². The predicted octanol–water partition coefficient (Wildman–Crippen LogP) is 2.85. The summed E-state index contributed by atoms with van der Waals surface area (Å²) >= 11 is 0. The normalized spacial score (nSPS) is 10.7. The van der Waals surface area contributed by atoms with E-state index < -0.39 is 0 Å². The molecule has 0 fully saturated rings. The van der Waals surface area contributed by atoms with Crippen LogP contribution in [-0.2, 0) is 0 Å². The molecule has 76 valence electrons. The van der Waals surface area contributed by atoms with E-state index in [-0.39, 0.29) is 0 Å². The Kier molecular flexibility index (Phi) is 2.83. The van der Waals surface area contributed by atoms with E-state index in [2.05, 4.69) is 4.98 Å². The van der Waals surface area contributed by atoms with E-state index in [0.717, 1.165) is 11.3 Å². The van der Waals surface area contributed by atoms with Gasteiger partial charge in [-0.2, -0.15) is 0 Å². The highest BCUT2D eigenvalue weighted by molar-refractivity contribution is 5.66. The fraction of sp³-hybridized carbons (Fsp3) is 0.0833. The van der Waals surface area contributed by atoms with E-state index >= 15 is 0 Å². The Labute approximate surface area is 88.0 Å². The quantitative estimate of drug-likeness (QED) is 0.765. The van der Waals surface area contributed by atoms with Crippen LogP contribution in [0, 0.1) is 0 Å². The highest BCUT2D eigenvalue weighted by Crippen LogP contribution is 2.13. The molecule has 1 aromatic heterocycles. The van der Waals surface area contributed by atoms with E-state index in [0.29, 0.717) is 5.89 Å². The van der Waals surface area contributed by atoms with E-state index in [1.807, 2.05) is 36.4 Å². The zero-order valence-corrected chi connectivity index (χ0v) is 8.38. The van der Waals surface area contributed by atoms with Crippen molar-refractivity contribution in [2.75, 3.05) is 7.11 Å². The summed E-state index contributed by atoms with van der Waals surface area (Å²) in [5, 5.41) is 0. The summed E-state index contributed by atoms with van der Waals surface area (Å²) in [6.45, 7) is 0. The first-order valence-corrected chi connectivity index (χ1v) is 4.60. The zero-order chi connectivity index (χ0) is 10.5. The van der Waals surface area contributed by atoms with Crippen LogP contribution in [0.15, 0.2) is 41.1 Å². The Morgan fingerprint density at radius 1 is 1.20 bits per heavy atom. The zero-order valence-electron chi connectivity index (χ0n) is 8.38. The van der Waals surface area contributed by atoms with Crippen LogP contribution in [0.25, 0.3) is 12.2 Å². The minimum Gasteiger partial charge on any atom is -0.497 e. The molecule has 0 saturated heterocycles. The average Bonchev–Trinajstić information content (AvgIpc) is 2.80. The van der Waals surface area contributed by atoms with Crippen LogP contribution in [-0.4, -0.2) is 12.1 Å². The van der Waals surface area contributed by atoms with Gasteiger partial charge >= 0.3 is 0 Å². The van der Waals surface area contributed by atoms with E-state index in [9.17, 15) is 0 Å². The fourth-order valence-electron chi connectivity index (χ4n) is 1.20. The number of rotatable bonds is 3. The van der Waals surface area contributed by atoms with Crippen LogP contribution in [0.2, 0.25) is 0 Å². The number of methoxy groups -OCH3 is 1. The van der Waals surface area contributed by atoms with Crippen molar-refractivity contribution in [3.8, 4) is 5.75 Å². The van der Waals surface area contributed by atoms with Crippen molar-refractivity contribution >= 4 is 12.2 Å². The lowest BCUT2D eigenvalue weighted by molar-refractivity contribution is 0.415. The topological polar surface area (TPSA) is 35.3 Å². The number of hydrogen-bond donors (Lipinski definition) is 0. The second-order valence-corrected chi connectivity index (χ2v) is 2.98. The highest BCUT2D eigenvalue weighted by Gasteiger charge is 1.92. The number of oxazole rings is 1. The summed E-state index contributed by atoms with van der Waals surface area (Å²) in [6.07, 6.45) is 6.93. The maximum Gasteiger partial charge on any atom is 0.218 e. The molecule has 0 amide bonds. The van der Waals surface area contributed by atoms with Crippen molar-refractivity contribution in [3.63, 3.8) is 0 Å². The van der Waals surface area contributed by atoms with Gasteiger partial charge in [0.2, 0.25) is 5.89 Å². The summed E-state index contributed by atoms with van der Waals surface area (Å²) < 4.78 is 10.1. The standard InChI is InChI=1S/C12H11NO2/c1-14-11-5-2-10(3-6-11)4-7-12-13-8-9-15-12/h2-9H,1H3. The molecule has 0 saturated carbocycles. The summed E-state index contributed by atoms with van der Waals surface area (Å²) in [5.74, 6) is 1.45. The van der Waals surface area contributed by atoms with E-state index in [1.165, 1.54) is 0 Å². The Balaban J connectivity index is 2.11. The van der Waals surface area contributed by atoms with Crippen LogP contribution in [0.5, 0.6) is 5.75 Å². The van der Waals surface area contributed by atoms with Gasteiger partial charge in [-0.1, -0.05) is 12.1 Å². The molecule has 0 aliphatic heterocycles. The van der Waals surface area contributed by atoms with Gasteiger partial charge in [-0.25, -0.2) is 4.98 Å². The summed E-state index contributed by atoms with van der Waals surface area (Å²) in [7, 11) is 1.65. The van der Waals surface area contributed by atoms with Crippen LogP contribution in [0.1, 0.15) is 11.5 Å². The van der Waals surface area contributed by atoms with Gasteiger partial charge in [0.05, 0.1) is 13.3 Å². The lowest BCUT2D eigenvalue weighted by atomic mass is 10.2. The first-order valence-electron chi connectivity index (χ1n) is 4.60. The van der Waals surface area contributed by atoms with Gasteiger partial charge in [0.15, 0.2) is 0 Å². The maximum atomic E-state index is 5.08. The Morgan fingerprint density at radius 3 is 2.60 bits per heavy atom. The van der Waals surface area contributed by atoms with Crippen molar-refractivity contribution in [2.24, 2.45) is 0 Å². The fourth-order valence-corrected chi connectivity index (χ4v) is 1.20. The third-order valence-corrected chi connectivity index (χ3v) is 1.99. The first-order chi connectivity index (χ1) is 7.38. The molecule has 2 rings (SSSR count). The Hall–Kier alpha value is -2.03. The third-order valence-electron chi connectivity index (χ3n) is 1.99. The second kappa shape index (κ2) is 4.46. The van der Waals surface area contributed by atoms with Crippen LogP contribution in [0.3, 0.4) is 0 Å². The average molecular weight is 201 g/mol. The lowest BCUT2D eigenvalue weighted by Crippen LogP contribution is -1.81. The summed E-state index contributed by atoms with van der Waals surface area (Å²) in [6, 6.07) is 7.76. The van der Waals surface area contributed by atoms with E-state index in [1.54, 1.807) is 19.6 Å². The molecule has 15 heavy (non-hydrogen) atoms. The van der Waals surface area contributed by atoms with Crippen molar-refractivity contribution in [1.29, 1.82) is 0 Å². The molecule has 0 aliphatic carbocycles. The van der Waals surface area contributed by atoms with Crippen LogP contribution < -0.4 is 4.74 Å². The highest BCUT2D eigenvalue weighted by atomic mass is 16.5. The minimum absolute atomic E-state index is 0.603. The van der Waals surface area contributed by atoms with Crippen LogP contribution >= 0.6 is 0 Å². The molecule has 0 N–H and O–H groups in total. The third kappa shape index (κ3) is 2.47. The molecular formula is C12H11NO2. The van der Waals surface area contributed by atoms with Gasteiger partial charge in [-0.3, -0.25) is 0 Å². The number of nitrogens with zero attached hydrogens (tertiary/aromatic N) is 1. The van der Waals surface area contributed by atoms with E-state index in [4.69, 9.17) is 9.15 Å². The smallest absolute Gasteiger partial charge is 0.218 e. The van der Waals surface area contributed by atoms with Crippen LogP contribution in [0.4, 0.5) is 0 Å². The molecule has 0 spiro atoms. The molecule has 0 bridgehead atoms. The minimum atomic E-state index is 0.603. The van der Waals surface area contributed by atoms with Gasteiger partial charge < -0.3 is 9.15 Å². The SMILES string of the molecule is COc1ccc(C=Cc2ncco2)cc1. The predicted molar refractivity (Wildman–Crippen MR) is 58.4 cm³/mol. The monoisotopic (exact) mass is 201 g/mol. The second-order valence-electron chi connectivity index (χ2n) is 2.98. The number of benzene rings is 1. The van der Waals surface area contributed by atoms with Gasteiger partial charge in [0.25, 0.3) is 0 Å². The van der Waals surface area contributed by atoms with Gasteiger partial charge in [0.1, 0.15) is 12.0 Å². The molecule has 1 aromatic carbocycles. The molecule has 1 heterocycles. The van der Waals surface area contributed by atoms with Crippen molar-refractivity contribution < 1.29 is 9.15 Å². The lowest BCUT2D eigenvalue weighted by Gasteiger charge is -1.98. The molecule has 0 radical (unpaired) electrons. The summed E-state index contributed by atoms with van der Waals surface area (Å²) in [4.78, 5) is 3.99. The number of ether oxygens (including phenoxy) is 1. The number of aromatic nitrogens is 1. The maximum absolute atomic E-state index is 5.08. The first kappa shape index (κ1) is 9.52. The molecule has 0 unspecified atom stereocenters. The van der Waals surface area contributed by atoms with Crippen molar-refractivity contribution in [3.05, 3.63) is 48.2 Å².